The maximum Gasteiger partial charge on any atom is 1.00 e. The third kappa shape index (κ3) is 11.5. The number of halogens is 4. The summed E-state index contributed by atoms with van der Waals surface area (Å²) >= 11 is 6.46. The molecule has 9 heteroatoms. The van der Waals surface area contributed by atoms with Gasteiger partial charge in [-0.05, 0) is 60.9 Å². The van der Waals surface area contributed by atoms with Crippen LogP contribution in [-0.2, 0) is 16.0 Å². The van der Waals surface area contributed by atoms with Crippen LogP contribution in [0.1, 0.15) is 19.0 Å². The number of rotatable bonds is 5. The van der Waals surface area contributed by atoms with Crippen molar-refractivity contribution in [1.29, 1.82) is 0 Å². The molecule has 2 aromatic rings. The van der Waals surface area contributed by atoms with Crippen LogP contribution in [0.5, 0.6) is 0 Å². The molecule has 0 heterocycles. The molecule has 0 aliphatic heterocycles. The number of ether oxygens (including phenoxy) is 1. The Labute approximate surface area is 206 Å². The van der Waals surface area contributed by atoms with Crippen molar-refractivity contribution >= 4 is 52.3 Å². The monoisotopic (exact) mass is 525 g/mol. The minimum atomic E-state index is -0.510. The van der Waals surface area contributed by atoms with E-state index in [2.05, 4.69) is 36.6 Å². The number of carbonyl (C=O) groups excluding carboxylic acids is 1. The van der Waals surface area contributed by atoms with Gasteiger partial charge in [-0.1, -0.05) is 31.9 Å². The molecule has 0 aliphatic carbocycles. The molecule has 2 aromatic carbocycles. The minimum Gasteiger partial charge on any atom is -1.00 e. The molecule has 0 fully saturated rings. The molecular weight excluding hydrogens is 508 g/mol. The molecule has 0 atom stereocenters. The van der Waals surface area contributed by atoms with Crippen LogP contribution >= 0.6 is 31.9 Å². The van der Waals surface area contributed by atoms with E-state index in [9.17, 15) is 13.6 Å². The zero-order valence-electron chi connectivity index (χ0n) is 16.6. The summed E-state index contributed by atoms with van der Waals surface area (Å²) in [6.45, 7) is 0.103. The maximum absolute atomic E-state index is 13.1. The van der Waals surface area contributed by atoms with Crippen LogP contribution in [0.15, 0.2) is 51.4 Å². The molecule has 0 saturated heterocycles. The van der Waals surface area contributed by atoms with E-state index < -0.39 is 5.97 Å². The zero-order valence-corrected chi connectivity index (χ0v) is 20.8. The van der Waals surface area contributed by atoms with Crippen LogP contribution in [0.25, 0.3) is 6.08 Å². The Hall–Kier alpha value is -0.505. The van der Waals surface area contributed by atoms with E-state index in [-0.39, 0.29) is 57.6 Å². The van der Waals surface area contributed by atoms with Gasteiger partial charge in [0.1, 0.15) is 11.6 Å². The van der Waals surface area contributed by atoms with Crippen LogP contribution in [0.2, 0.25) is 0 Å². The van der Waals surface area contributed by atoms with E-state index in [0.717, 1.165) is 8.95 Å². The van der Waals surface area contributed by atoms with Crippen LogP contribution in [0, 0.1) is 11.6 Å². The molecule has 0 bridgehead atoms. The Bertz CT molecular complexity index is 783. The molecule has 0 spiro atoms. The molecule has 1 N–H and O–H groups in total. The Morgan fingerprint density at radius 3 is 2.29 bits per heavy atom. The first-order chi connectivity index (χ1) is 12.4. The van der Waals surface area contributed by atoms with Crippen molar-refractivity contribution in [3.8, 4) is 0 Å². The predicted molar refractivity (Wildman–Crippen MR) is 112 cm³/mol. The summed E-state index contributed by atoms with van der Waals surface area (Å²) in [6.07, 6.45) is 3.73. The van der Waals surface area contributed by atoms with Crippen LogP contribution in [0.4, 0.5) is 8.78 Å². The van der Waals surface area contributed by atoms with Gasteiger partial charge in [-0.2, -0.15) is 0 Å². The number of esters is 1. The summed E-state index contributed by atoms with van der Waals surface area (Å²) in [7, 11) is 1.27. The van der Waals surface area contributed by atoms with E-state index in [1.165, 1.54) is 31.4 Å². The van der Waals surface area contributed by atoms with Crippen molar-refractivity contribution in [2.24, 2.45) is 0 Å². The number of hydrogen-bond donors (Lipinski definition) is 1. The SMILES string of the molecule is COC(=O)/C=C/c1cc(Br)ccc1F.OCCCc1cc(Br)ccc1F.[B].[H-].[Na+]. The second kappa shape index (κ2) is 16.3. The maximum atomic E-state index is 13.1. The standard InChI is InChI=1S/C10H8BrFO2.C9H10BrFO.B.Na.H/c1-14-10(13)5-2-7-6-8(11)3-4-9(7)12;10-8-3-4-9(11)7(6-8)2-1-5-12;;;/h2-6H,1H3;3-4,6,12H,1-2,5H2;;;/q;;;+1;-1/b5-2+;;;;. The normalized spacial score (nSPS) is 9.64. The summed E-state index contributed by atoms with van der Waals surface area (Å²) in [4.78, 5) is 10.7. The van der Waals surface area contributed by atoms with Gasteiger partial charge in [-0.25, -0.2) is 13.6 Å². The second-order valence-electron chi connectivity index (χ2n) is 5.09. The number of methoxy groups -OCH3 is 1. The Morgan fingerprint density at radius 1 is 1.14 bits per heavy atom. The van der Waals surface area contributed by atoms with Crippen molar-refractivity contribution in [3.63, 3.8) is 0 Å². The quantitative estimate of drug-likeness (QED) is 0.368. The average Bonchev–Trinajstić information content (AvgIpc) is 2.63. The summed E-state index contributed by atoms with van der Waals surface area (Å²) in [6, 6.07) is 9.32. The minimum absolute atomic E-state index is 0. The largest absolute Gasteiger partial charge is 1.00 e. The van der Waals surface area contributed by atoms with E-state index >= 15 is 0 Å². The van der Waals surface area contributed by atoms with Gasteiger partial charge >= 0.3 is 35.5 Å². The fourth-order valence-corrected chi connectivity index (χ4v) is 2.66. The Morgan fingerprint density at radius 2 is 1.71 bits per heavy atom. The number of hydrogen-bond acceptors (Lipinski definition) is 3. The van der Waals surface area contributed by atoms with Crippen molar-refractivity contribution in [1.82, 2.24) is 0 Å². The molecule has 2 rings (SSSR count). The molecule has 3 nitrogen and oxygen atoms in total. The van der Waals surface area contributed by atoms with Gasteiger partial charge in [-0.15, -0.1) is 0 Å². The van der Waals surface area contributed by atoms with Gasteiger partial charge < -0.3 is 11.3 Å². The van der Waals surface area contributed by atoms with Crippen molar-refractivity contribution in [2.75, 3.05) is 13.7 Å². The van der Waals surface area contributed by atoms with Crippen molar-refractivity contribution < 1.29 is 54.4 Å². The number of aliphatic hydroxyl groups excluding tert-OH is 1. The second-order valence-corrected chi connectivity index (χ2v) is 6.92. The molecule has 28 heavy (non-hydrogen) atoms. The predicted octanol–water partition coefficient (Wildman–Crippen LogP) is 2.02. The molecule has 0 aromatic heterocycles. The first kappa shape index (κ1) is 29.7. The molecule has 0 unspecified atom stereocenters. The van der Waals surface area contributed by atoms with Gasteiger partial charge in [-0.3, -0.25) is 0 Å². The first-order valence-corrected chi connectivity index (χ1v) is 9.21. The number of aryl methyl sites for hydroxylation is 1. The third-order valence-electron chi connectivity index (χ3n) is 3.17. The van der Waals surface area contributed by atoms with Gasteiger partial charge in [0.15, 0.2) is 0 Å². The Balaban J connectivity index is -0.000000426. The van der Waals surface area contributed by atoms with Crippen molar-refractivity contribution in [2.45, 2.75) is 12.8 Å². The van der Waals surface area contributed by atoms with Crippen LogP contribution < -0.4 is 29.6 Å². The van der Waals surface area contributed by atoms with Gasteiger partial charge in [0, 0.05) is 35.6 Å². The van der Waals surface area contributed by atoms with E-state index in [4.69, 9.17) is 5.11 Å². The molecule has 0 saturated carbocycles. The average molecular weight is 527 g/mol. The summed E-state index contributed by atoms with van der Waals surface area (Å²) in [5, 5.41) is 8.55. The Kier molecular flexibility index (Phi) is 17.3. The molecule has 3 radical (unpaired) electrons. The van der Waals surface area contributed by atoms with E-state index in [1.807, 2.05) is 0 Å². The first-order valence-electron chi connectivity index (χ1n) is 7.63. The van der Waals surface area contributed by atoms with E-state index in [1.54, 1.807) is 24.3 Å². The molecular formula is C19H19BBr2F2NaO3. The summed E-state index contributed by atoms with van der Waals surface area (Å²) in [5.41, 5.74) is 0.989. The van der Waals surface area contributed by atoms with E-state index in [0.29, 0.717) is 24.0 Å². The molecule has 145 valence electrons. The number of benzene rings is 2. The summed E-state index contributed by atoms with van der Waals surface area (Å²) in [5.74, 6) is -1.09. The fourth-order valence-electron chi connectivity index (χ4n) is 1.87. The topological polar surface area (TPSA) is 46.5 Å². The van der Waals surface area contributed by atoms with Crippen LogP contribution in [-0.4, -0.2) is 33.2 Å². The number of carbonyl (C=O) groups is 1. The molecule has 0 amide bonds. The fraction of sp³-hybridized carbons (Fsp3) is 0.211. The van der Waals surface area contributed by atoms with Gasteiger partial charge in [0.05, 0.1) is 7.11 Å². The third-order valence-corrected chi connectivity index (χ3v) is 4.16. The van der Waals surface area contributed by atoms with Crippen LogP contribution in [0.3, 0.4) is 0 Å². The van der Waals surface area contributed by atoms with Crippen molar-refractivity contribution in [3.05, 3.63) is 74.2 Å². The van der Waals surface area contributed by atoms with Gasteiger partial charge in [0.2, 0.25) is 0 Å². The zero-order chi connectivity index (χ0) is 19.5. The smallest absolute Gasteiger partial charge is 1.00 e. The van der Waals surface area contributed by atoms with Gasteiger partial charge in [0.25, 0.3) is 0 Å². The molecule has 0 aliphatic rings. The number of aliphatic hydroxyl groups is 1. The summed E-state index contributed by atoms with van der Waals surface area (Å²) < 4.78 is 32.1.